The molecule has 390 valence electrons. The lowest BCUT2D eigenvalue weighted by atomic mass is 9.91. The summed E-state index contributed by atoms with van der Waals surface area (Å²) in [6.07, 6.45) is 0.913. The van der Waals surface area contributed by atoms with Crippen molar-refractivity contribution >= 4 is 48.9 Å². The molecule has 9 rings (SSSR count). The van der Waals surface area contributed by atoms with Crippen LogP contribution >= 0.6 is 11.3 Å². The highest BCUT2D eigenvalue weighted by molar-refractivity contribution is 7.13. The summed E-state index contributed by atoms with van der Waals surface area (Å²) in [7, 11) is -2.27. The lowest BCUT2D eigenvalue weighted by Crippen LogP contribution is -2.61. The minimum atomic E-state index is -2.27. The summed E-state index contributed by atoms with van der Waals surface area (Å²) in [4.78, 5) is 57.2. The number of aromatic hydroxyl groups is 1. The van der Waals surface area contributed by atoms with Gasteiger partial charge >= 0.3 is 0 Å². The highest BCUT2D eigenvalue weighted by atomic mass is 32.1. The number of nitrogens with zero attached hydrogens (tertiary/aromatic N) is 8. The molecule has 3 unspecified atom stereocenters. The average molecular weight is 1030 g/mol. The SMILES string of the molecule is Cc1ncsc1-c1ccc(C(C)NC(=O)[C@@H]2C[C@@H](O[Si](C)(C)C(C)(C)C)CN2C(=O)C(c2cc(OC(C)C(=O)N3CCC(N4CCN5c6cc(-c7ccccc7O)nnc6NC[C@H]5C4)CC3)no2)C(C)C)cc1. The van der Waals surface area contributed by atoms with Crippen LogP contribution in [0, 0.1) is 12.8 Å². The number of amides is 3. The zero-order chi connectivity index (χ0) is 51.9. The third kappa shape index (κ3) is 11.0. The van der Waals surface area contributed by atoms with Crippen molar-refractivity contribution in [3.05, 3.63) is 83.2 Å². The number of benzene rings is 2. The van der Waals surface area contributed by atoms with Gasteiger partial charge in [0.25, 0.3) is 11.8 Å². The second kappa shape index (κ2) is 21.1. The molecule has 3 aromatic heterocycles. The number of piperidine rings is 1. The number of fused-ring (bicyclic) bond motifs is 3. The summed E-state index contributed by atoms with van der Waals surface area (Å²) in [5.41, 5.74) is 7.14. The Morgan fingerprint density at radius 1 is 0.932 bits per heavy atom. The van der Waals surface area contributed by atoms with E-state index in [9.17, 15) is 19.5 Å². The molecule has 7 heterocycles. The van der Waals surface area contributed by atoms with E-state index < -0.39 is 26.4 Å². The van der Waals surface area contributed by atoms with E-state index in [2.05, 4.69) is 86.8 Å². The highest BCUT2D eigenvalue weighted by Gasteiger charge is 2.48. The third-order valence-electron chi connectivity index (χ3n) is 15.9. The van der Waals surface area contributed by atoms with Crippen molar-refractivity contribution in [1.29, 1.82) is 0 Å². The topological polar surface area (TPSA) is 192 Å². The Balaban J connectivity index is 0.812. The number of ether oxygens (including phenoxy) is 1. The number of hydrogen-bond acceptors (Lipinski definition) is 15. The normalized spacial score (nSPS) is 21.0. The van der Waals surface area contributed by atoms with Crippen LogP contribution in [0.3, 0.4) is 0 Å². The number of para-hydroxylation sites is 1. The van der Waals surface area contributed by atoms with Gasteiger partial charge < -0.3 is 44.1 Å². The number of anilines is 2. The monoisotopic (exact) mass is 1030 g/mol. The van der Waals surface area contributed by atoms with E-state index in [1.807, 2.05) is 68.4 Å². The summed E-state index contributed by atoms with van der Waals surface area (Å²) < 4.78 is 18.9. The molecule has 3 fully saturated rings. The molecule has 6 atom stereocenters. The number of aryl methyl sites for hydroxylation is 1. The van der Waals surface area contributed by atoms with Crippen molar-refractivity contribution in [3.63, 3.8) is 0 Å². The number of aromatic nitrogens is 4. The molecule has 4 aliphatic heterocycles. The van der Waals surface area contributed by atoms with Crippen LogP contribution in [0.4, 0.5) is 11.5 Å². The van der Waals surface area contributed by atoms with Gasteiger partial charge in [0.15, 0.2) is 26.0 Å². The van der Waals surface area contributed by atoms with E-state index in [1.165, 1.54) is 0 Å². The van der Waals surface area contributed by atoms with Crippen LogP contribution in [-0.2, 0) is 18.8 Å². The Bertz CT molecular complexity index is 2770. The van der Waals surface area contributed by atoms with Crippen LogP contribution in [-0.4, -0.2) is 142 Å². The maximum Gasteiger partial charge on any atom is 0.263 e. The number of carbonyl (C=O) groups excluding carboxylic acids is 3. The highest BCUT2D eigenvalue weighted by Crippen LogP contribution is 2.41. The summed E-state index contributed by atoms with van der Waals surface area (Å²) in [5, 5.41) is 30.2. The predicted molar refractivity (Wildman–Crippen MR) is 285 cm³/mol. The van der Waals surface area contributed by atoms with E-state index >= 15 is 0 Å². The minimum Gasteiger partial charge on any atom is -0.507 e. The van der Waals surface area contributed by atoms with Crippen LogP contribution in [0.1, 0.15) is 96.7 Å². The second-order valence-electron chi connectivity index (χ2n) is 22.2. The molecule has 2 aromatic carbocycles. The zero-order valence-electron chi connectivity index (χ0n) is 43.9. The van der Waals surface area contributed by atoms with E-state index in [0.717, 1.165) is 72.2 Å². The number of phenolic OH excluding ortho intramolecular Hbond substituents is 1. The van der Waals surface area contributed by atoms with E-state index in [0.29, 0.717) is 42.6 Å². The van der Waals surface area contributed by atoms with Gasteiger partial charge in [-0.1, -0.05) is 71.0 Å². The zero-order valence-corrected chi connectivity index (χ0v) is 45.7. The molecule has 0 saturated carbocycles. The van der Waals surface area contributed by atoms with Crippen molar-refractivity contribution < 1.29 is 33.2 Å². The first kappa shape index (κ1) is 52.0. The first-order valence-electron chi connectivity index (χ1n) is 25.9. The van der Waals surface area contributed by atoms with Gasteiger partial charge in [0.2, 0.25) is 11.8 Å². The van der Waals surface area contributed by atoms with Crippen molar-refractivity contribution in [2.75, 3.05) is 56.0 Å². The molecule has 0 aliphatic carbocycles. The lowest BCUT2D eigenvalue weighted by molar-refractivity contribution is -0.141. The minimum absolute atomic E-state index is 0.0658. The summed E-state index contributed by atoms with van der Waals surface area (Å²) in [5.74, 6) is -0.232. The van der Waals surface area contributed by atoms with Crippen molar-refractivity contribution in [2.45, 2.75) is 135 Å². The number of phenols is 1. The summed E-state index contributed by atoms with van der Waals surface area (Å²) in [6.45, 7) is 25.4. The molecule has 3 amide bonds. The third-order valence-corrected chi connectivity index (χ3v) is 21.4. The molecular weight excluding hydrogens is 961 g/mol. The Morgan fingerprint density at radius 2 is 1.67 bits per heavy atom. The fraction of sp³-hybridized carbons (Fsp3) is 0.537. The Kier molecular flexibility index (Phi) is 15.1. The summed E-state index contributed by atoms with van der Waals surface area (Å²) >= 11 is 1.60. The fourth-order valence-electron chi connectivity index (χ4n) is 10.7. The molecule has 5 aromatic rings. The lowest BCUT2D eigenvalue weighted by Gasteiger charge is -2.49. The number of rotatable bonds is 14. The van der Waals surface area contributed by atoms with Gasteiger partial charge in [-0.05, 0) is 92.1 Å². The van der Waals surface area contributed by atoms with Crippen molar-refractivity contribution in [1.82, 2.24) is 40.4 Å². The van der Waals surface area contributed by atoms with Gasteiger partial charge in [-0.3, -0.25) is 19.3 Å². The quantitative estimate of drug-likeness (QED) is 0.0901. The van der Waals surface area contributed by atoms with Crippen LogP contribution in [0.25, 0.3) is 21.7 Å². The Hall–Kier alpha value is -5.89. The van der Waals surface area contributed by atoms with E-state index in [4.69, 9.17) is 13.7 Å². The number of piperazine rings is 1. The molecule has 0 bridgehead atoms. The largest absolute Gasteiger partial charge is 0.507 e. The first-order valence-corrected chi connectivity index (χ1v) is 29.7. The fourth-order valence-corrected chi connectivity index (χ4v) is 12.8. The summed E-state index contributed by atoms with van der Waals surface area (Å²) in [6, 6.07) is 18.5. The number of nitrogens with one attached hydrogen (secondary N) is 2. The Labute approximate surface area is 434 Å². The molecule has 19 heteroatoms. The average Bonchev–Trinajstić information content (AvgIpc) is 4.13. The number of likely N-dealkylation sites (tertiary alicyclic amines) is 2. The number of carbonyl (C=O) groups is 3. The smallest absolute Gasteiger partial charge is 0.263 e. The maximum atomic E-state index is 14.9. The Morgan fingerprint density at radius 3 is 2.36 bits per heavy atom. The van der Waals surface area contributed by atoms with E-state index in [-0.39, 0.29) is 65.0 Å². The molecule has 3 N–H and O–H groups in total. The second-order valence-corrected chi connectivity index (χ2v) is 27.8. The van der Waals surface area contributed by atoms with Gasteiger partial charge in [-0.25, -0.2) is 4.98 Å². The first-order chi connectivity index (χ1) is 34.8. The maximum absolute atomic E-state index is 14.9. The van der Waals surface area contributed by atoms with E-state index in [1.54, 1.807) is 41.4 Å². The molecular formula is C54H72N10O7SSi. The molecule has 3 saturated heterocycles. The molecule has 73 heavy (non-hydrogen) atoms. The predicted octanol–water partition coefficient (Wildman–Crippen LogP) is 8.25. The number of hydrogen-bond donors (Lipinski definition) is 3. The van der Waals surface area contributed by atoms with Crippen LogP contribution in [0.5, 0.6) is 11.6 Å². The van der Waals surface area contributed by atoms with Crippen LogP contribution < -0.4 is 20.3 Å². The molecule has 4 aliphatic rings. The van der Waals surface area contributed by atoms with Gasteiger partial charge in [0.05, 0.1) is 45.7 Å². The van der Waals surface area contributed by atoms with Gasteiger partial charge in [0, 0.05) is 69.9 Å². The van der Waals surface area contributed by atoms with Gasteiger partial charge in [0.1, 0.15) is 17.7 Å². The molecule has 0 radical (unpaired) electrons. The van der Waals surface area contributed by atoms with Gasteiger partial charge in [-0.15, -0.1) is 21.5 Å². The van der Waals surface area contributed by atoms with Crippen molar-refractivity contribution in [2.24, 2.45) is 5.92 Å². The van der Waals surface area contributed by atoms with Gasteiger partial charge in [-0.2, -0.15) is 0 Å². The van der Waals surface area contributed by atoms with Crippen molar-refractivity contribution in [3.8, 4) is 33.3 Å². The number of thiazole rings is 1. The van der Waals surface area contributed by atoms with Crippen LogP contribution in [0.15, 0.2) is 70.7 Å². The molecule has 17 nitrogen and oxygen atoms in total. The van der Waals surface area contributed by atoms with Crippen LogP contribution in [0.2, 0.25) is 18.1 Å². The standard InChI is InChI=1S/C54H72N10O7SSi/c1-32(2)48(53(68)64-30-40(71-73(9,10)54(6,7)8)25-44(64)51(66)57-33(3)36-15-17-37(18-16-36)49-34(4)56-31-72-49)46-27-47(60-70-46)69-35(5)52(67)61-21-19-38(20-22-61)62-23-24-63-39(29-62)28-55-50-43(63)26-42(58-59-50)41-13-11-12-14-45(41)65/h11-18,26-27,31-33,35,38-40,44,48,65H,19-25,28-30H2,1-10H3,(H,55,59)(H,57,66)/t33?,35?,39-,40+,44-,48?/m0/s1. The molecule has 0 spiro atoms.